The quantitative estimate of drug-likeness (QED) is 0.527. The van der Waals surface area contributed by atoms with Gasteiger partial charge in [-0.2, -0.15) is 0 Å². The lowest BCUT2D eigenvalue weighted by atomic mass is 10.3. The Morgan fingerprint density at radius 3 is 2.57 bits per heavy atom. The van der Waals surface area contributed by atoms with Crippen LogP contribution >= 0.6 is 12.2 Å². The van der Waals surface area contributed by atoms with Crippen molar-refractivity contribution in [3.63, 3.8) is 0 Å². The average molecular weight is 213 g/mol. The fourth-order valence-electron chi connectivity index (χ4n) is 0.867. The first kappa shape index (κ1) is 10.7. The van der Waals surface area contributed by atoms with E-state index in [4.69, 9.17) is 12.2 Å². The lowest BCUT2D eigenvalue weighted by Gasteiger charge is -2.10. The number of nitrogens with one attached hydrogen (secondary N) is 3. The van der Waals surface area contributed by atoms with Crippen molar-refractivity contribution in [2.45, 2.75) is 6.92 Å². The molecule has 0 aromatic heterocycles. The van der Waals surface area contributed by atoms with Crippen LogP contribution in [0.25, 0.3) is 0 Å². The van der Waals surface area contributed by atoms with Crippen LogP contribution in [-0.2, 0) is 0 Å². The molecule has 5 heteroatoms. The van der Waals surface area contributed by atoms with Crippen molar-refractivity contribution in [2.24, 2.45) is 0 Å². The number of thiocarbonyl (C=S) groups is 1. The minimum absolute atomic E-state index is 0.259. The fourth-order valence-corrected chi connectivity index (χ4v) is 1.06. The first-order valence-corrected chi connectivity index (χ1v) is 4.68. The van der Waals surface area contributed by atoms with Gasteiger partial charge in [0.2, 0.25) is 0 Å². The third kappa shape index (κ3) is 3.57. The molecule has 0 radical (unpaired) electrons. The number of rotatable bonds is 3. The molecule has 0 aliphatic rings. The van der Waals surface area contributed by atoms with E-state index < -0.39 is 0 Å². The molecule has 0 fully saturated rings. The maximum atomic E-state index is 12.5. The summed E-state index contributed by atoms with van der Waals surface area (Å²) >= 11 is 4.92. The number of anilines is 1. The molecular weight excluding hydrogens is 201 g/mol. The molecular formula is C9H12FN3S. The lowest BCUT2D eigenvalue weighted by Crippen LogP contribution is -2.38. The first-order valence-electron chi connectivity index (χ1n) is 4.28. The van der Waals surface area contributed by atoms with Gasteiger partial charge in [-0.05, 0) is 43.4 Å². The molecule has 3 nitrogen and oxygen atoms in total. The van der Waals surface area contributed by atoms with E-state index >= 15 is 0 Å². The Labute approximate surface area is 87.7 Å². The second-order valence-electron chi connectivity index (χ2n) is 2.62. The molecule has 14 heavy (non-hydrogen) atoms. The minimum atomic E-state index is -0.259. The molecule has 0 saturated carbocycles. The van der Waals surface area contributed by atoms with Gasteiger partial charge in [0.25, 0.3) is 0 Å². The van der Waals surface area contributed by atoms with Crippen LogP contribution in [0.1, 0.15) is 6.92 Å². The van der Waals surface area contributed by atoms with Crippen LogP contribution in [0.5, 0.6) is 0 Å². The first-order chi connectivity index (χ1) is 6.72. The molecule has 0 aliphatic carbocycles. The summed E-state index contributed by atoms with van der Waals surface area (Å²) < 4.78 is 12.5. The summed E-state index contributed by atoms with van der Waals surface area (Å²) in [5, 5.41) is 3.42. The highest BCUT2D eigenvalue weighted by atomic mass is 32.1. The molecule has 3 N–H and O–H groups in total. The Hall–Kier alpha value is -1.36. The summed E-state index contributed by atoms with van der Waals surface area (Å²) in [5.41, 5.74) is 6.36. The van der Waals surface area contributed by atoms with Crippen LogP contribution in [0.2, 0.25) is 0 Å². The van der Waals surface area contributed by atoms with Crippen LogP contribution < -0.4 is 16.2 Å². The van der Waals surface area contributed by atoms with Crippen LogP contribution in [0.15, 0.2) is 24.3 Å². The SMILES string of the molecule is CCNC(=S)NNc1ccc(F)cc1. The summed E-state index contributed by atoms with van der Waals surface area (Å²) in [6, 6.07) is 5.99. The third-order valence-electron chi connectivity index (χ3n) is 1.50. The van der Waals surface area contributed by atoms with Crippen LogP contribution in [0.3, 0.4) is 0 Å². The Bertz CT molecular complexity index is 299. The Balaban J connectivity index is 2.38. The largest absolute Gasteiger partial charge is 0.362 e. The van der Waals surface area contributed by atoms with Crippen molar-refractivity contribution < 1.29 is 4.39 Å². The number of hydrogen-bond donors (Lipinski definition) is 3. The maximum Gasteiger partial charge on any atom is 0.185 e. The summed E-state index contributed by atoms with van der Waals surface area (Å²) in [6.45, 7) is 2.71. The molecule has 1 rings (SSSR count). The maximum absolute atomic E-state index is 12.5. The number of hydrazine groups is 1. The number of benzene rings is 1. The van der Waals surface area contributed by atoms with Gasteiger partial charge in [0, 0.05) is 6.54 Å². The Morgan fingerprint density at radius 2 is 2.00 bits per heavy atom. The normalized spacial score (nSPS) is 9.29. The predicted molar refractivity (Wildman–Crippen MR) is 59.4 cm³/mol. The van der Waals surface area contributed by atoms with Crippen LogP contribution in [0.4, 0.5) is 10.1 Å². The van der Waals surface area contributed by atoms with Gasteiger partial charge in [-0.1, -0.05) is 0 Å². The van der Waals surface area contributed by atoms with Crippen molar-refractivity contribution in [3.05, 3.63) is 30.1 Å². The molecule has 76 valence electrons. The highest BCUT2D eigenvalue weighted by molar-refractivity contribution is 7.80. The van der Waals surface area contributed by atoms with E-state index in [0.717, 1.165) is 12.2 Å². The van der Waals surface area contributed by atoms with Crippen molar-refractivity contribution in [1.29, 1.82) is 0 Å². The van der Waals surface area contributed by atoms with E-state index in [1.54, 1.807) is 12.1 Å². The zero-order valence-electron chi connectivity index (χ0n) is 7.80. The minimum Gasteiger partial charge on any atom is -0.362 e. The van der Waals surface area contributed by atoms with Gasteiger partial charge in [0.05, 0.1) is 5.69 Å². The molecule has 1 aromatic rings. The standard InChI is InChI=1S/C9H12FN3S/c1-2-11-9(14)13-12-8-5-3-7(10)4-6-8/h3-6,12H,2H2,1H3,(H2,11,13,14). The zero-order chi connectivity index (χ0) is 10.4. The fraction of sp³-hybridized carbons (Fsp3) is 0.222. The van der Waals surface area contributed by atoms with Crippen LogP contribution in [-0.4, -0.2) is 11.7 Å². The molecule has 0 heterocycles. The summed E-state index contributed by atoms with van der Waals surface area (Å²) in [5.74, 6) is -0.259. The third-order valence-corrected chi connectivity index (χ3v) is 1.75. The molecule has 0 bridgehead atoms. The van der Waals surface area contributed by atoms with Gasteiger partial charge < -0.3 is 5.32 Å². The molecule has 0 unspecified atom stereocenters. The molecule has 0 amide bonds. The Morgan fingerprint density at radius 1 is 1.36 bits per heavy atom. The van der Waals surface area contributed by atoms with Gasteiger partial charge in [-0.3, -0.25) is 10.9 Å². The zero-order valence-corrected chi connectivity index (χ0v) is 8.62. The van der Waals surface area contributed by atoms with Crippen molar-refractivity contribution in [1.82, 2.24) is 10.7 Å². The van der Waals surface area contributed by atoms with E-state index in [0.29, 0.717) is 5.11 Å². The summed E-state index contributed by atoms with van der Waals surface area (Å²) in [4.78, 5) is 0. The van der Waals surface area contributed by atoms with Gasteiger partial charge in [-0.25, -0.2) is 4.39 Å². The molecule has 0 atom stereocenters. The smallest absolute Gasteiger partial charge is 0.185 e. The number of hydrogen-bond acceptors (Lipinski definition) is 2. The topological polar surface area (TPSA) is 36.1 Å². The van der Waals surface area contributed by atoms with Crippen molar-refractivity contribution in [3.8, 4) is 0 Å². The summed E-state index contributed by atoms with van der Waals surface area (Å²) in [6.07, 6.45) is 0. The van der Waals surface area contributed by atoms with Gasteiger partial charge in [0.1, 0.15) is 5.82 Å². The second-order valence-corrected chi connectivity index (χ2v) is 3.02. The summed E-state index contributed by atoms with van der Waals surface area (Å²) in [7, 11) is 0. The van der Waals surface area contributed by atoms with Crippen molar-refractivity contribution >= 4 is 23.0 Å². The van der Waals surface area contributed by atoms with E-state index in [-0.39, 0.29) is 5.82 Å². The predicted octanol–water partition coefficient (Wildman–Crippen LogP) is 1.64. The van der Waals surface area contributed by atoms with E-state index in [9.17, 15) is 4.39 Å². The van der Waals surface area contributed by atoms with Gasteiger partial charge in [0.15, 0.2) is 5.11 Å². The van der Waals surface area contributed by atoms with Crippen molar-refractivity contribution in [2.75, 3.05) is 12.0 Å². The van der Waals surface area contributed by atoms with Crippen LogP contribution in [0, 0.1) is 5.82 Å². The van der Waals surface area contributed by atoms with E-state index in [1.165, 1.54) is 12.1 Å². The number of halogens is 1. The Kier molecular flexibility index (Phi) is 4.12. The van der Waals surface area contributed by atoms with E-state index in [2.05, 4.69) is 16.2 Å². The average Bonchev–Trinajstić information content (AvgIpc) is 2.17. The molecule has 1 aromatic carbocycles. The molecule has 0 spiro atoms. The highest BCUT2D eigenvalue weighted by Crippen LogP contribution is 2.06. The van der Waals surface area contributed by atoms with Gasteiger partial charge in [-0.15, -0.1) is 0 Å². The monoisotopic (exact) mass is 213 g/mol. The molecule has 0 saturated heterocycles. The highest BCUT2D eigenvalue weighted by Gasteiger charge is 1.93. The van der Waals surface area contributed by atoms with E-state index in [1.807, 2.05) is 6.92 Å². The second kappa shape index (κ2) is 5.39. The molecule has 0 aliphatic heterocycles. The lowest BCUT2D eigenvalue weighted by molar-refractivity contribution is 0.628. The van der Waals surface area contributed by atoms with Gasteiger partial charge >= 0.3 is 0 Å².